The van der Waals surface area contributed by atoms with Gasteiger partial charge in [-0.2, -0.15) is 0 Å². The summed E-state index contributed by atoms with van der Waals surface area (Å²) in [6, 6.07) is 0. The van der Waals surface area contributed by atoms with E-state index in [1.165, 1.54) is 6.08 Å². The van der Waals surface area contributed by atoms with E-state index in [1.54, 1.807) is 0 Å². The number of esters is 1. The second-order valence-electron chi connectivity index (χ2n) is 4.36. The zero-order chi connectivity index (χ0) is 12.1. The Morgan fingerprint density at radius 1 is 1.29 bits per heavy atom. The van der Waals surface area contributed by atoms with Crippen molar-refractivity contribution >= 4 is 5.97 Å². The lowest BCUT2D eigenvalue weighted by atomic mass is 10.2. The Hall–Kier alpha value is -0.910. The molecule has 2 rings (SSSR count). The monoisotopic (exact) mass is 242 g/mol. The molecule has 96 valence electrons. The van der Waals surface area contributed by atoms with Crippen molar-refractivity contribution in [2.75, 3.05) is 33.0 Å². The number of hydrogen-bond acceptors (Lipinski definition) is 5. The van der Waals surface area contributed by atoms with Crippen molar-refractivity contribution < 1.29 is 23.7 Å². The molecule has 0 spiro atoms. The summed E-state index contributed by atoms with van der Waals surface area (Å²) in [5.41, 5.74) is 0.962. The molecule has 0 radical (unpaired) electrons. The van der Waals surface area contributed by atoms with Gasteiger partial charge in [0.15, 0.2) is 0 Å². The molecule has 0 amide bonds. The molecule has 2 aliphatic heterocycles. The van der Waals surface area contributed by atoms with Crippen molar-refractivity contribution in [1.82, 2.24) is 0 Å². The number of hydrogen-bond donors (Lipinski definition) is 0. The fourth-order valence-corrected chi connectivity index (χ4v) is 1.27. The van der Waals surface area contributed by atoms with Crippen LogP contribution in [0.4, 0.5) is 0 Å². The van der Waals surface area contributed by atoms with Crippen LogP contribution in [-0.4, -0.2) is 51.2 Å². The van der Waals surface area contributed by atoms with E-state index in [2.05, 4.69) is 0 Å². The Bertz CT molecular complexity index is 291. The minimum absolute atomic E-state index is 0.120. The molecule has 2 saturated heterocycles. The van der Waals surface area contributed by atoms with E-state index >= 15 is 0 Å². The van der Waals surface area contributed by atoms with Gasteiger partial charge < -0.3 is 18.9 Å². The number of carbonyl (C=O) groups is 1. The number of rotatable bonds is 8. The lowest BCUT2D eigenvalue weighted by molar-refractivity contribution is -0.138. The highest BCUT2D eigenvalue weighted by Crippen LogP contribution is 2.10. The summed E-state index contributed by atoms with van der Waals surface area (Å²) in [5.74, 6) is -0.302. The van der Waals surface area contributed by atoms with E-state index in [0.717, 1.165) is 18.6 Å². The average molecular weight is 242 g/mol. The van der Waals surface area contributed by atoms with Crippen LogP contribution in [0.1, 0.15) is 13.3 Å². The van der Waals surface area contributed by atoms with Gasteiger partial charge in [-0.25, -0.2) is 4.79 Å². The minimum Gasteiger partial charge on any atom is -0.460 e. The summed E-state index contributed by atoms with van der Waals surface area (Å²) >= 11 is 0. The molecule has 2 unspecified atom stereocenters. The number of carbonyl (C=O) groups excluding carboxylic acids is 1. The maximum absolute atomic E-state index is 11.3. The zero-order valence-corrected chi connectivity index (χ0v) is 10.0. The Morgan fingerprint density at radius 3 is 2.59 bits per heavy atom. The molecule has 5 nitrogen and oxygen atoms in total. The van der Waals surface area contributed by atoms with E-state index in [9.17, 15) is 4.79 Å². The van der Waals surface area contributed by atoms with Crippen LogP contribution >= 0.6 is 0 Å². The largest absolute Gasteiger partial charge is 0.460 e. The molecular weight excluding hydrogens is 224 g/mol. The van der Waals surface area contributed by atoms with Gasteiger partial charge in [-0.05, 0) is 13.3 Å². The Kier molecular flexibility index (Phi) is 4.53. The van der Waals surface area contributed by atoms with E-state index in [0.29, 0.717) is 32.5 Å². The van der Waals surface area contributed by atoms with Crippen LogP contribution in [0.15, 0.2) is 11.6 Å². The van der Waals surface area contributed by atoms with Gasteiger partial charge in [0.2, 0.25) is 0 Å². The molecule has 2 aliphatic rings. The molecule has 5 heteroatoms. The molecule has 0 aromatic rings. The minimum atomic E-state index is -0.302. The fraction of sp³-hybridized carbons (Fsp3) is 0.750. The highest BCUT2D eigenvalue weighted by molar-refractivity contribution is 5.82. The maximum Gasteiger partial charge on any atom is 0.330 e. The van der Waals surface area contributed by atoms with Crippen LogP contribution in [0.2, 0.25) is 0 Å². The highest BCUT2D eigenvalue weighted by atomic mass is 16.6. The quantitative estimate of drug-likeness (QED) is 0.271. The molecule has 0 saturated carbocycles. The van der Waals surface area contributed by atoms with Gasteiger partial charge in [-0.15, -0.1) is 0 Å². The van der Waals surface area contributed by atoms with E-state index < -0.39 is 0 Å². The normalized spacial score (nSPS) is 26.8. The maximum atomic E-state index is 11.3. The van der Waals surface area contributed by atoms with Crippen LogP contribution in [0.3, 0.4) is 0 Å². The third kappa shape index (κ3) is 5.81. The Balaban J connectivity index is 1.52. The fourth-order valence-electron chi connectivity index (χ4n) is 1.27. The first kappa shape index (κ1) is 12.5. The number of ether oxygens (including phenoxy) is 4. The summed E-state index contributed by atoms with van der Waals surface area (Å²) in [6.07, 6.45) is 2.67. The van der Waals surface area contributed by atoms with Crippen molar-refractivity contribution in [2.45, 2.75) is 25.6 Å². The summed E-state index contributed by atoms with van der Waals surface area (Å²) in [4.78, 5) is 11.3. The van der Waals surface area contributed by atoms with Crippen molar-refractivity contribution in [2.24, 2.45) is 0 Å². The number of epoxide rings is 2. The van der Waals surface area contributed by atoms with Crippen LogP contribution in [0.5, 0.6) is 0 Å². The average Bonchev–Trinajstić information content (AvgIpc) is 3.15. The third-order valence-corrected chi connectivity index (χ3v) is 2.52. The summed E-state index contributed by atoms with van der Waals surface area (Å²) in [7, 11) is 0. The van der Waals surface area contributed by atoms with Gasteiger partial charge in [-0.3, -0.25) is 0 Å². The second kappa shape index (κ2) is 6.14. The van der Waals surface area contributed by atoms with Crippen LogP contribution < -0.4 is 0 Å². The molecule has 2 fully saturated rings. The first-order chi connectivity index (χ1) is 8.24. The Morgan fingerprint density at radius 2 is 1.94 bits per heavy atom. The SMILES string of the molecule is CC(=CC(=O)OCC1CO1)CCOCC1CO1. The molecule has 0 N–H and O–H groups in total. The molecule has 0 aromatic heterocycles. The van der Waals surface area contributed by atoms with Gasteiger partial charge in [0, 0.05) is 6.08 Å². The standard InChI is InChI=1S/C12H18O5/c1-9(2-3-14-5-10-6-15-10)4-12(13)17-8-11-7-16-11/h4,10-11H,2-3,5-8H2,1H3. The molecule has 0 aliphatic carbocycles. The second-order valence-corrected chi connectivity index (χ2v) is 4.36. The summed E-state index contributed by atoms with van der Waals surface area (Å²) in [5, 5.41) is 0. The molecule has 17 heavy (non-hydrogen) atoms. The lowest BCUT2D eigenvalue weighted by Crippen LogP contribution is -2.08. The smallest absolute Gasteiger partial charge is 0.330 e. The first-order valence-corrected chi connectivity index (χ1v) is 5.89. The van der Waals surface area contributed by atoms with Crippen LogP contribution in [-0.2, 0) is 23.7 Å². The predicted octanol–water partition coefficient (Wildman–Crippen LogP) is 0.680. The van der Waals surface area contributed by atoms with Crippen molar-refractivity contribution in [3.8, 4) is 0 Å². The van der Waals surface area contributed by atoms with Crippen molar-refractivity contribution in [1.29, 1.82) is 0 Å². The first-order valence-electron chi connectivity index (χ1n) is 5.89. The summed E-state index contributed by atoms with van der Waals surface area (Å²) < 4.78 is 20.3. The lowest BCUT2D eigenvalue weighted by Gasteiger charge is -2.03. The molecule has 2 heterocycles. The highest BCUT2D eigenvalue weighted by Gasteiger charge is 2.24. The van der Waals surface area contributed by atoms with Gasteiger partial charge in [0.1, 0.15) is 18.8 Å². The van der Waals surface area contributed by atoms with E-state index in [4.69, 9.17) is 18.9 Å². The Labute approximate surface area is 101 Å². The van der Waals surface area contributed by atoms with Crippen LogP contribution in [0.25, 0.3) is 0 Å². The van der Waals surface area contributed by atoms with Gasteiger partial charge in [0.25, 0.3) is 0 Å². The molecular formula is C12H18O5. The third-order valence-electron chi connectivity index (χ3n) is 2.52. The van der Waals surface area contributed by atoms with Gasteiger partial charge in [0.05, 0.1) is 26.4 Å². The van der Waals surface area contributed by atoms with Gasteiger partial charge in [-0.1, -0.05) is 5.57 Å². The van der Waals surface area contributed by atoms with E-state index in [-0.39, 0.29) is 12.1 Å². The van der Waals surface area contributed by atoms with E-state index in [1.807, 2.05) is 6.92 Å². The molecule has 0 aromatic carbocycles. The predicted molar refractivity (Wildman–Crippen MR) is 59.6 cm³/mol. The zero-order valence-electron chi connectivity index (χ0n) is 10.0. The van der Waals surface area contributed by atoms with Crippen LogP contribution in [0, 0.1) is 0 Å². The van der Waals surface area contributed by atoms with Gasteiger partial charge >= 0.3 is 5.97 Å². The molecule has 0 bridgehead atoms. The summed E-state index contributed by atoms with van der Waals surface area (Å²) in [6.45, 7) is 5.03. The van der Waals surface area contributed by atoms with Crippen molar-refractivity contribution in [3.63, 3.8) is 0 Å². The van der Waals surface area contributed by atoms with Crippen molar-refractivity contribution in [3.05, 3.63) is 11.6 Å². The molecule has 2 atom stereocenters. The topological polar surface area (TPSA) is 60.6 Å².